The topological polar surface area (TPSA) is 88.5 Å². The third-order valence-electron chi connectivity index (χ3n) is 13.1. The monoisotopic (exact) mass is 530 g/mol. The van der Waals surface area contributed by atoms with Crippen LogP contribution in [0.1, 0.15) is 100 Å². The molecule has 3 saturated carbocycles. The lowest BCUT2D eigenvalue weighted by atomic mass is 9.37. The summed E-state index contributed by atoms with van der Waals surface area (Å²) in [5.74, 6) is 0.788. The van der Waals surface area contributed by atoms with Crippen molar-refractivity contribution in [1.82, 2.24) is 0 Å². The van der Waals surface area contributed by atoms with Gasteiger partial charge in [0.1, 0.15) is 6.10 Å². The molecule has 0 amide bonds. The Bertz CT molecular complexity index is 1030. The van der Waals surface area contributed by atoms with Gasteiger partial charge in [-0.1, -0.05) is 46.3 Å². The number of allylic oxidation sites excluding steroid dienone is 1. The van der Waals surface area contributed by atoms with E-state index in [1.807, 2.05) is 0 Å². The predicted octanol–water partition coefficient (Wildman–Crippen LogP) is 5.40. The fourth-order valence-electron chi connectivity index (χ4n) is 11.0. The summed E-state index contributed by atoms with van der Waals surface area (Å²) in [4.78, 5) is 12.1. The molecule has 214 valence electrons. The van der Waals surface area contributed by atoms with Crippen LogP contribution >= 0.6 is 0 Å². The molecule has 6 aliphatic rings. The molecule has 0 radical (unpaired) electrons. The summed E-state index contributed by atoms with van der Waals surface area (Å²) >= 11 is 0. The summed E-state index contributed by atoms with van der Waals surface area (Å²) in [6, 6.07) is 0. The lowest BCUT2D eigenvalue weighted by Gasteiger charge is -2.68. The first-order valence-corrected chi connectivity index (χ1v) is 15.1. The number of carbonyl (C=O) groups excluding carboxylic acids is 1. The summed E-state index contributed by atoms with van der Waals surface area (Å²) in [5, 5.41) is 22.9. The van der Waals surface area contributed by atoms with E-state index in [9.17, 15) is 15.0 Å². The molecule has 2 N–H and O–H groups in total. The molecule has 0 aromatic rings. The zero-order valence-electron chi connectivity index (χ0n) is 24.8. The number of hydrogen-bond donors (Lipinski definition) is 2. The van der Waals surface area contributed by atoms with Crippen molar-refractivity contribution in [2.75, 3.05) is 0 Å². The van der Waals surface area contributed by atoms with Gasteiger partial charge in [0.05, 0.1) is 23.9 Å². The first-order valence-electron chi connectivity index (χ1n) is 15.1. The van der Waals surface area contributed by atoms with Crippen LogP contribution in [0.5, 0.6) is 0 Å². The van der Waals surface area contributed by atoms with Crippen molar-refractivity contribution in [2.45, 2.75) is 137 Å². The normalized spacial score (nSPS) is 54.4. The molecular formula is C32H50O6. The van der Waals surface area contributed by atoms with E-state index in [1.54, 1.807) is 0 Å². The lowest BCUT2D eigenvalue weighted by molar-refractivity contribution is -0.214. The Morgan fingerprint density at radius 3 is 2.29 bits per heavy atom. The van der Waals surface area contributed by atoms with Gasteiger partial charge in [-0.2, -0.15) is 0 Å². The summed E-state index contributed by atoms with van der Waals surface area (Å²) in [6.07, 6.45) is 7.65. The number of rotatable bonds is 3. The van der Waals surface area contributed by atoms with E-state index in [0.29, 0.717) is 17.8 Å². The van der Waals surface area contributed by atoms with Crippen molar-refractivity contribution >= 4 is 5.97 Å². The Morgan fingerprint density at radius 2 is 1.66 bits per heavy atom. The van der Waals surface area contributed by atoms with Crippen LogP contribution in [0.2, 0.25) is 0 Å². The molecule has 6 heteroatoms. The van der Waals surface area contributed by atoms with E-state index < -0.39 is 12.4 Å². The molecular weight excluding hydrogens is 480 g/mol. The fraction of sp³-hybridized carbons (Fsp3) is 0.906. The third kappa shape index (κ3) is 3.55. The molecule has 6 rings (SSSR count). The predicted molar refractivity (Wildman–Crippen MR) is 144 cm³/mol. The van der Waals surface area contributed by atoms with Crippen LogP contribution in [-0.2, 0) is 19.0 Å². The van der Waals surface area contributed by atoms with Gasteiger partial charge in [0.2, 0.25) is 6.29 Å². The van der Waals surface area contributed by atoms with Crippen LogP contribution in [0, 0.1) is 45.3 Å². The molecule has 2 saturated heterocycles. The van der Waals surface area contributed by atoms with Crippen molar-refractivity contribution < 1.29 is 29.2 Å². The van der Waals surface area contributed by atoms with Crippen LogP contribution in [0.3, 0.4) is 0 Å². The van der Waals surface area contributed by atoms with Crippen molar-refractivity contribution in [2.24, 2.45) is 45.3 Å². The summed E-state index contributed by atoms with van der Waals surface area (Å²) in [6.45, 7) is 17.3. The van der Waals surface area contributed by atoms with Crippen molar-refractivity contribution in [3.8, 4) is 0 Å². The van der Waals surface area contributed by atoms with E-state index in [-0.39, 0.29) is 57.5 Å². The Labute approximate surface area is 228 Å². The van der Waals surface area contributed by atoms with Crippen LogP contribution in [-0.4, -0.2) is 52.5 Å². The smallest absolute Gasteiger partial charge is 0.304 e. The highest BCUT2D eigenvalue weighted by Crippen LogP contribution is 2.73. The van der Waals surface area contributed by atoms with E-state index in [0.717, 1.165) is 44.9 Å². The number of esters is 1. The number of epoxide rings is 1. The molecule has 0 aromatic carbocycles. The third-order valence-corrected chi connectivity index (χ3v) is 13.1. The highest BCUT2D eigenvalue weighted by Gasteiger charge is 2.69. The molecule has 2 aliphatic heterocycles. The maximum atomic E-state index is 12.1. The second-order valence-electron chi connectivity index (χ2n) is 15.6. The number of fused-ring (bicyclic) bond motifs is 5. The standard InChI is InChI=1S/C32H50O6/c1-17(33)36-27-18(15-20(37-27)26-29(4,5)38-26)19-9-10-21-30(19,6)13-11-22-31(7)14-12-24(34)28(2,3)23(31)16-25(35)32(21,22)8/h10,18-20,22-27,34-35H,9,11-16H2,1-8H3. The summed E-state index contributed by atoms with van der Waals surface area (Å²) in [7, 11) is 0. The van der Waals surface area contributed by atoms with Crippen LogP contribution in [0.4, 0.5) is 0 Å². The lowest BCUT2D eigenvalue weighted by Crippen LogP contribution is -2.65. The molecule has 2 heterocycles. The Balaban J connectivity index is 1.31. The zero-order valence-corrected chi connectivity index (χ0v) is 24.8. The number of aliphatic hydroxyl groups excluding tert-OH is 2. The minimum Gasteiger partial charge on any atom is -0.436 e. The van der Waals surface area contributed by atoms with Crippen LogP contribution < -0.4 is 0 Å². The molecule has 4 aliphatic carbocycles. The van der Waals surface area contributed by atoms with E-state index >= 15 is 0 Å². The van der Waals surface area contributed by atoms with Gasteiger partial charge >= 0.3 is 5.97 Å². The SMILES string of the molecule is CC(=O)OC1OC(C2OC2(C)C)CC1C1CC=C2C1(C)CCC1C3(C)CCC(O)C(C)(C)C3CC(O)C21C. The largest absolute Gasteiger partial charge is 0.436 e. The highest BCUT2D eigenvalue weighted by atomic mass is 16.7. The average Bonchev–Trinajstić information content (AvgIpc) is 3.11. The second kappa shape index (κ2) is 8.30. The molecule has 12 atom stereocenters. The van der Waals surface area contributed by atoms with Gasteiger partial charge in [0.15, 0.2) is 0 Å². The van der Waals surface area contributed by atoms with Crippen LogP contribution in [0.15, 0.2) is 11.6 Å². The van der Waals surface area contributed by atoms with Crippen molar-refractivity contribution in [3.63, 3.8) is 0 Å². The summed E-state index contributed by atoms with van der Waals surface area (Å²) in [5.41, 5.74) is 0.773. The minimum absolute atomic E-state index is 0.0440. The van der Waals surface area contributed by atoms with Gasteiger partial charge in [-0.05, 0) is 92.8 Å². The maximum Gasteiger partial charge on any atom is 0.304 e. The second-order valence-corrected chi connectivity index (χ2v) is 15.6. The van der Waals surface area contributed by atoms with Gasteiger partial charge in [0, 0.05) is 18.3 Å². The molecule has 12 unspecified atom stereocenters. The van der Waals surface area contributed by atoms with Gasteiger partial charge in [-0.3, -0.25) is 4.79 Å². The Hall–Kier alpha value is -0.950. The minimum atomic E-state index is -0.545. The van der Waals surface area contributed by atoms with Gasteiger partial charge in [0.25, 0.3) is 0 Å². The molecule has 0 bridgehead atoms. The van der Waals surface area contributed by atoms with Gasteiger partial charge in [-0.15, -0.1) is 0 Å². The van der Waals surface area contributed by atoms with Gasteiger partial charge < -0.3 is 24.4 Å². The van der Waals surface area contributed by atoms with Crippen molar-refractivity contribution in [1.29, 1.82) is 0 Å². The molecule has 0 spiro atoms. The fourth-order valence-corrected chi connectivity index (χ4v) is 11.0. The molecule has 0 aromatic heterocycles. The first-order chi connectivity index (χ1) is 17.6. The number of aliphatic hydroxyl groups is 2. The van der Waals surface area contributed by atoms with E-state index in [2.05, 4.69) is 54.5 Å². The quantitative estimate of drug-likeness (QED) is 0.289. The Morgan fingerprint density at radius 1 is 0.974 bits per heavy atom. The average molecular weight is 531 g/mol. The van der Waals surface area contributed by atoms with Gasteiger partial charge in [-0.25, -0.2) is 0 Å². The zero-order chi connectivity index (χ0) is 27.6. The number of carbonyl (C=O) groups is 1. The Kier molecular flexibility index (Phi) is 5.95. The van der Waals surface area contributed by atoms with Crippen LogP contribution in [0.25, 0.3) is 0 Å². The maximum absolute atomic E-state index is 12.1. The molecule has 38 heavy (non-hydrogen) atoms. The summed E-state index contributed by atoms with van der Waals surface area (Å²) < 4.78 is 18.1. The van der Waals surface area contributed by atoms with E-state index in [1.165, 1.54) is 12.5 Å². The highest BCUT2D eigenvalue weighted by molar-refractivity contribution is 5.66. The molecule has 5 fully saturated rings. The number of ether oxygens (including phenoxy) is 3. The van der Waals surface area contributed by atoms with Crippen molar-refractivity contribution in [3.05, 3.63) is 11.6 Å². The first kappa shape index (κ1) is 27.2. The van der Waals surface area contributed by atoms with E-state index in [4.69, 9.17) is 14.2 Å². The number of hydrogen-bond acceptors (Lipinski definition) is 6. The molecule has 6 nitrogen and oxygen atoms in total.